The zero-order chi connectivity index (χ0) is 6.53. The molecule has 0 aliphatic carbocycles. The van der Waals surface area contributed by atoms with Crippen molar-refractivity contribution in [3.8, 4) is 0 Å². The molecule has 0 aromatic rings. The number of hydrogen-bond donors (Lipinski definition) is 0. The van der Waals surface area contributed by atoms with Crippen LogP contribution in [0, 0.1) is 0 Å². The van der Waals surface area contributed by atoms with Crippen LogP contribution in [0.5, 0.6) is 0 Å². The van der Waals surface area contributed by atoms with Gasteiger partial charge in [0.05, 0.1) is 6.21 Å². The Labute approximate surface area is 55.9 Å². The van der Waals surface area contributed by atoms with Gasteiger partial charge in [-0.05, 0) is 0 Å². The maximum Gasteiger partial charge on any atom is 0.235 e. The lowest BCUT2D eigenvalue weighted by Crippen LogP contribution is -2.10. The van der Waals surface area contributed by atoms with Crippen LogP contribution < -0.4 is 0 Å². The van der Waals surface area contributed by atoms with Crippen LogP contribution in [0.1, 0.15) is 19.8 Å². The molecule has 1 heterocycles. The van der Waals surface area contributed by atoms with Gasteiger partial charge in [-0.3, -0.25) is 0 Å². The van der Waals surface area contributed by atoms with Gasteiger partial charge in [0.15, 0.2) is 6.21 Å². The number of rotatable bonds is 3. The summed E-state index contributed by atoms with van der Waals surface area (Å²) in [5, 5.41) is 0. The molecule has 0 unspecified atom stereocenters. The molecule has 0 fully saturated rings. The van der Waals surface area contributed by atoms with Crippen LogP contribution in [-0.4, -0.2) is 30.2 Å². The van der Waals surface area contributed by atoms with Crippen molar-refractivity contribution in [2.45, 2.75) is 19.8 Å². The zero-order valence-electron chi connectivity index (χ0n) is 5.88. The van der Waals surface area contributed by atoms with Gasteiger partial charge in [-0.1, -0.05) is 13.3 Å². The Morgan fingerprint density at radius 3 is 3.11 bits per heavy atom. The molecule has 0 bridgehead atoms. The highest BCUT2D eigenvalue weighted by Gasteiger charge is 2.03. The summed E-state index contributed by atoms with van der Waals surface area (Å²) >= 11 is 0. The highest BCUT2D eigenvalue weighted by Crippen LogP contribution is 1.89. The molecule has 0 radical (unpaired) electrons. The van der Waals surface area contributed by atoms with Gasteiger partial charge in [-0.25, -0.2) is 9.57 Å². The predicted octanol–water partition coefficient (Wildman–Crippen LogP) is 0.912. The standard InChI is InChI=1S/C7H13N2/c1-2-3-5-9-6-4-8-7-9/h4,6H,2-3,5,7H2,1H3/q+1. The van der Waals surface area contributed by atoms with Gasteiger partial charge in [-0.2, -0.15) is 0 Å². The molecule has 1 aliphatic rings. The maximum absolute atomic E-state index is 4.06. The smallest absolute Gasteiger partial charge is 0.222 e. The first kappa shape index (κ1) is 6.46. The molecule has 0 amide bonds. The van der Waals surface area contributed by atoms with Crippen LogP contribution in [0.25, 0.3) is 0 Å². The van der Waals surface area contributed by atoms with Gasteiger partial charge >= 0.3 is 0 Å². The quantitative estimate of drug-likeness (QED) is 0.498. The summed E-state index contributed by atoms with van der Waals surface area (Å²) in [6.45, 7) is 4.24. The molecular weight excluding hydrogens is 112 g/mol. The molecule has 9 heavy (non-hydrogen) atoms. The third-order valence-corrected chi connectivity index (χ3v) is 1.45. The normalized spacial score (nSPS) is 16.3. The Kier molecular flexibility index (Phi) is 2.43. The maximum atomic E-state index is 4.06. The van der Waals surface area contributed by atoms with E-state index in [0.29, 0.717) is 0 Å². The Bertz CT molecular complexity index is 136. The summed E-state index contributed by atoms with van der Waals surface area (Å²) in [4.78, 5) is 4.06. The molecule has 0 aromatic carbocycles. The van der Waals surface area contributed by atoms with Gasteiger partial charge in [0, 0.05) is 6.42 Å². The lowest BCUT2D eigenvalue weighted by molar-refractivity contribution is -0.517. The van der Waals surface area contributed by atoms with Gasteiger partial charge in [0.25, 0.3) is 0 Å². The largest absolute Gasteiger partial charge is 0.235 e. The number of nitrogens with zero attached hydrogens (tertiary/aromatic N) is 2. The summed E-state index contributed by atoms with van der Waals surface area (Å²) in [7, 11) is 0. The molecule has 0 saturated carbocycles. The molecule has 0 aromatic heterocycles. The lowest BCUT2D eigenvalue weighted by Gasteiger charge is -1.92. The van der Waals surface area contributed by atoms with Crippen molar-refractivity contribution >= 4 is 12.4 Å². The van der Waals surface area contributed by atoms with E-state index in [2.05, 4.69) is 22.7 Å². The monoisotopic (exact) mass is 125 g/mol. The van der Waals surface area contributed by atoms with E-state index in [0.717, 1.165) is 13.2 Å². The Balaban J connectivity index is 2.14. The minimum absolute atomic E-state index is 0.875. The fraction of sp³-hybridized carbons (Fsp3) is 0.714. The van der Waals surface area contributed by atoms with Crippen molar-refractivity contribution in [2.24, 2.45) is 4.99 Å². The third kappa shape index (κ3) is 1.96. The second-order valence-electron chi connectivity index (χ2n) is 2.29. The Morgan fingerprint density at radius 2 is 2.56 bits per heavy atom. The molecule has 1 rings (SSSR count). The summed E-state index contributed by atoms with van der Waals surface area (Å²) in [5.74, 6) is 0. The predicted molar refractivity (Wildman–Crippen MR) is 39.5 cm³/mol. The van der Waals surface area contributed by atoms with Gasteiger partial charge in [-0.15, -0.1) is 0 Å². The molecule has 0 saturated heterocycles. The van der Waals surface area contributed by atoms with Crippen LogP contribution >= 0.6 is 0 Å². The van der Waals surface area contributed by atoms with Crippen molar-refractivity contribution in [1.29, 1.82) is 0 Å². The molecule has 1 aliphatic heterocycles. The van der Waals surface area contributed by atoms with E-state index in [9.17, 15) is 0 Å². The Hall–Kier alpha value is -0.660. The van der Waals surface area contributed by atoms with Crippen LogP contribution in [0.15, 0.2) is 4.99 Å². The highest BCUT2D eigenvalue weighted by atomic mass is 15.1. The van der Waals surface area contributed by atoms with E-state index in [4.69, 9.17) is 0 Å². The number of aliphatic imine (C=N–C) groups is 1. The van der Waals surface area contributed by atoms with Crippen molar-refractivity contribution in [3.05, 3.63) is 0 Å². The topological polar surface area (TPSA) is 15.4 Å². The summed E-state index contributed by atoms with van der Waals surface area (Å²) < 4.78 is 2.23. The van der Waals surface area contributed by atoms with E-state index in [1.165, 1.54) is 12.8 Å². The van der Waals surface area contributed by atoms with Crippen LogP contribution in [0.2, 0.25) is 0 Å². The van der Waals surface area contributed by atoms with Crippen molar-refractivity contribution in [3.63, 3.8) is 0 Å². The number of unbranched alkanes of at least 4 members (excludes halogenated alkanes) is 1. The SMILES string of the molecule is CCCC[N+]1=CC=NC1. The lowest BCUT2D eigenvalue weighted by atomic mass is 10.3. The van der Waals surface area contributed by atoms with Crippen LogP contribution in [0.3, 0.4) is 0 Å². The molecule has 2 heteroatoms. The van der Waals surface area contributed by atoms with Crippen molar-refractivity contribution in [1.82, 2.24) is 0 Å². The average Bonchev–Trinajstić information content (AvgIpc) is 2.34. The molecule has 2 nitrogen and oxygen atoms in total. The molecule has 0 N–H and O–H groups in total. The third-order valence-electron chi connectivity index (χ3n) is 1.45. The van der Waals surface area contributed by atoms with E-state index in [1.807, 2.05) is 6.21 Å². The second kappa shape index (κ2) is 3.38. The van der Waals surface area contributed by atoms with E-state index in [1.54, 1.807) is 0 Å². The van der Waals surface area contributed by atoms with Crippen LogP contribution in [0.4, 0.5) is 0 Å². The fourth-order valence-electron chi connectivity index (χ4n) is 0.847. The molecule has 0 atom stereocenters. The fourth-order valence-corrected chi connectivity index (χ4v) is 0.847. The molecule has 0 spiro atoms. The minimum atomic E-state index is 0.875. The first-order valence-electron chi connectivity index (χ1n) is 3.51. The summed E-state index contributed by atoms with van der Waals surface area (Å²) in [5.41, 5.74) is 0. The average molecular weight is 125 g/mol. The molecule has 50 valence electrons. The second-order valence-corrected chi connectivity index (χ2v) is 2.29. The summed E-state index contributed by atoms with van der Waals surface area (Å²) in [6.07, 6.45) is 6.47. The zero-order valence-corrected chi connectivity index (χ0v) is 5.88. The van der Waals surface area contributed by atoms with Crippen molar-refractivity contribution in [2.75, 3.05) is 13.2 Å². The minimum Gasteiger partial charge on any atom is -0.222 e. The van der Waals surface area contributed by atoms with E-state index in [-0.39, 0.29) is 0 Å². The van der Waals surface area contributed by atoms with E-state index < -0.39 is 0 Å². The van der Waals surface area contributed by atoms with Crippen LogP contribution in [-0.2, 0) is 0 Å². The van der Waals surface area contributed by atoms with E-state index >= 15 is 0 Å². The van der Waals surface area contributed by atoms with Gasteiger partial charge in [0.2, 0.25) is 6.67 Å². The van der Waals surface area contributed by atoms with Gasteiger partial charge < -0.3 is 0 Å². The first-order valence-corrected chi connectivity index (χ1v) is 3.51. The molecular formula is C7H13N2+. The highest BCUT2D eigenvalue weighted by molar-refractivity contribution is 6.14. The summed E-state index contributed by atoms with van der Waals surface area (Å²) in [6, 6.07) is 0. The number of hydrogen-bond acceptors (Lipinski definition) is 1. The Morgan fingerprint density at radius 1 is 1.67 bits per heavy atom. The first-order chi connectivity index (χ1) is 4.43. The van der Waals surface area contributed by atoms with Gasteiger partial charge in [0.1, 0.15) is 6.54 Å². The van der Waals surface area contributed by atoms with Crippen molar-refractivity contribution < 1.29 is 4.58 Å².